The Balaban J connectivity index is 3.03. The number of aromatic nitrogens is 2. The lowest BCUT2D eigenvalue weighted by atomic mass is 10.4. The molecule has 0 saturated carbocycles. The number of nitrogens with zero attached hydrogens (tertiary/aromatic N) is 2. The highest BCUT2D eigenvalue weighted by atomic mass is 127. The molecule has 1 heterocycles. The third-order valence-electron chi connectivity index (χ3n) is 0.990. The summed E-state index contributed by atoms with van der Waals surface area (Å²) >= 11 is 1.46. The zero-order valence-corrected chi connectivity index (χ0v) is 7.48. The second kappa shape index (κ2) is 3.46. The number of carbonyl (C=O) groups excluding carboxylic acids is 1. The van der Waals surface area contributed by atoms with Crippen LogP contribution >= 0.6 is 23.0 Å². The van der Waals surface area contributed by atoms with Gasteiger partial charge in [0.25, 0.3) is 0 Å². The Hall–Kier alpha value is -0.920. The third kappa shape index (κ3) is 1.76. The Morgan fingerprint density at radius 2 is 2.18 bits per heavy atom. The predicted molar refractivity (Wildman–Crippen MR) is 45.9 cm³/mol. The molecule has 0 radical (unpaired) electrons. The van der Waals surface area contributed by atoms with Crippen molar-refractivity contribution in [3.05, 3.63) is 18.1 Å². The summed E-state index contributed by atoms with van der Waals surface area (Å²) in [7, 11) is 0. The summed E-state index contributed by atoms with van der Waals surface area (Å²) in [5.41, 5.74) is 5.36. The molecule has 0 unspecified atom stereocenters. The van der Waals surface area contributed by atoms with Crippen molar-refractivity contribution in [3.8, 4) is 0 Å². The fourth-order valence-electron chi connectivity index (χ4n) is 0.543. The van der Waals surface area contributed by atoms with Gasteiger partial charge < -0.3 is 8.80 Å². The number of hydrogen-bond acceptors (Lipinski definition) is 5. The fraction of sp³-hybridized carbons (Fsp3) is 0. The van der Waals surface area contributed by atoms with Gasteiger partial charge in [0.05, 0.1) is 0 Å². The van der Waals surface area contributed by atoms with Crippen LogP contribution in [-0.2, 0) is 3.07 Å². The standard InChI is InChI=1S/C5H4IN3O2/c6-11-5(10)3-4(7)9-2-1-8-3/h1-2H,(H2,7,9). The van der Waals surface area contributed by atoms with Crippen LogP contribution in [-0.4, -0.2) is 15.9 Å². The van der Waals surface area contributed by atoms with Crippen LogP contribution in [0.3, 0.4) is 0 Å². The van der Waals surface area contributed by atoms with Gasteiger partial charge in [-0.05, 0) is 0 Å². The number of halogens is 1. The van der Waals surface area contributed by atoms with E-state index in [1.54, 1.807) is 0 Å². The number of hydrogen-bond donors (Lipinski definition) is 1. The smallest absolute Gasteiger partial charge is 0.370 e. The average molecular weight is 265 g/mol. The first kappa shape index (κ1) is 8.18. The molecule has 0 aliphatic rings. The second-order valence-corrected chi connectivity index (χ2v) is 2.10. The van der Waals surface area contributed by atoms with Gasteiger partial charge in [0.1, 0.15) is 0 Å². The monoisotopic (exact) mass is 265 g/mol. The predicted octanol–water partition coefficient (Wildman–Crippen LogP) is 0.566. The van der Waals surface area contributed by atoms with E-state index in [1.807, 2.05) is 0 Å². The SMILES string of the molecule is Nc1nccnc1C(=O)OI. The molecule has 0 aliphatic heterocycles. The van der Waals surface area contributed by atoms with E-state index in [4.69, 9.17) is 5.73 Å². The molecule has 0 spiro atoms. The highest BCUT2D eigenvalue weighted by Crippen LogP contribution is 2.06. The molecule has 0 atom stereocenters. The molecule has 1 aromatic heterocycles. The molecule has 0 amide bonds. The zero-order chi connectivity index (χ0) is 8.27. The molecule has 1 aromatic rings. The Morgan fingerprint density at radius 3 is 2.73 bits per heavy atom. The molecule has 0 bridgehead atoms. The van der Waals surface area contributed by atoms with E-state index in [2.05, 4.69) is 13.0 Å². The first-order chi connectivity index (χ1) is 5.25. The minimum atomic E-state index is -0.587. The van der Waals surface area contributed by atoms with E-state index in [1.165, 1.54) is 35.4 Å². The first-order valence-corrected chi connectivity index (χ1v) is 3.53. The third-order valence-corrected chi connectivity index (χ3v) is 1.39. The summed E-state index contributed by atoms with van der Waals surface area (Å²) in [4.78, 5) is 18.2. The molecule has 0 saturated heterocycles. The minimum absolute atomic E-state index is 0.0434. The fourth-order valence-corrected chi connectivity index (χ4v) is 0.751. The van der Waals surface area contributed by atoms with Crippen molar-refractivity contribution < 1.29 is 7.86 Å². The average Bonchev–Trinajstić information content (AvgIpc) is 2.04. The highest BCUT2D eigenvalue weighted by molar-refractivity contribution is 14.1. The van der Waals surface area contributed by atoms with Gasteiger partial charge in [0.2, 0.25) is 0 Å². The van der Waals surface area contributed by atoms with E-state index in [-0.39, 0.29) is 11.5 Å². The summed E-state index contributed by atoms with van der Waals surface area (Å²) in [6.45, 7) is 0. The van der Waals surface area contributed by atoms with Gasteiger partial charge in [-0.3, -0.25) is 0 Å². The minimum Gasteiger partial charge on any atom is -0.390 e. The lowest BCUT2D eigenvalue weighted by molar-refractivity contribution is 0.0795. The molecule has 0 aromatic carbocycles. The molecule has 2 N–H and O–H groups in total. The van der Waals surface area contributed by atoms with Crippen molar-refractivity contribution in [3.63, 3.8) is 0 Å². The van der Waals surface area contributed by atoms with Gasteiger partial charge in [-0.1, -0.05) is 0 Å². The van der Waals surface area contributed by atoms with Crippen LogP contribution in [0.1, 0.15) is 10.5 Å². The van der Waals surface area contributed by atoms with Crippen LogP contribution in [0.4, 0.5) is 5.82 Å². The highest BCUT2D eigenvalue weighted by Gasteiger charge is 2.11. The van der Waals surface area contributed by atoms with E-state index in [9.17, 15) is 4.79 Å². The van der Waals surface area contributed by atoms with Crippen LogP contribution in [0.2, 0.25) is 0 Å². The van der Waals surface area contributed by atoms with E-state index in [0.29, 0.717) is 0 Å². The Kier molecular flexibility index (Phi) is 2.58. The van der Waals surface area contributed by atoms with Crippen LogP contribution in [0.5, 0.6) is 0 Å². The number of rotatable bonds is 1. The van der Waals surface area contributed by atoms with Gasteiger partial charge in [-0.15, -0.1) is 0 Å². The van der Waals surface area contributed by atoms with E-state index in [0.717, 1.165) is 0 Å². The zero-order valence-electron chi connectivity index (χ0n) is 5.32. The summed E-state index contributed by atoms with van der Waals surface area (Å²) < 4.78 is 4.37. The summed E-state index contributed by atoms with van der Waals surface area (Å²) in [6, 6.07) is 0. The number of carbonyl (C=O) groups is 1. The van der Waals surface area contributed by atoms with Crippen molar-refractivity contribution in [2.24, 2.45) is 0 Å². The van der Waals surface area contributed by atoms with Gasteiger partial charge >= 0.3 is 5.97 Å². The van der Waals surface area contributed by atoms with Gasteiger partial charge in [-0.2, -0.15) is 0 Å². The number of nitrogens with two attached hydrogens (primary N) is 1. The summed E-state index contributed by atoms with van der Waals surface area (Å²) in [5.74, 6) is -0.509. The van der Waals surface area contributed by atoms with Crippen molar-refractivity contribution in [1.29, 1.82) is 0 Å². The van der Waals surface area contributed by atoms with Gasteiger partial charge in [0, 0.05) is 12.4 Å². The van der Waals surface area contributed by atoms with Crippen molar-refractivity contribution in [2.45, 2.75) is 0 Å². The molecule has 1 rings (SSSR count). The number of nitrogen functional groups attached to an aromatic ring is 1. The molecule has 5 nitrogen and oxygen atoms in total. The summed E-state index contributed by atoms with van der Waals surface area (Å²) in [6.07, 6.45) is 2.78. The van der Waals surface area contributed by atoms with Crippen LogP contribution in [0.15, 0.2) is 12.4 Å². The van der Waals surface area contributed by atoms with Crippen molar-refractivity contribution in [2.75, 3.05) is 5.73 Å². The molecule has 11 heavy (non-hydrogen) atoms. The first-order valence-electron chi connectivity index (χ1n) is 2.65. The second-order valence-electron chi connectivity index (χ2n) is 1.65. The molecule has 58 valence electrons. The van der Waals surface area contributed by atoms with Gasteiger partial charge in [-0.25, -0.2) is 14.8 Å². The van der Waals surface area contributed by atoms with Crippen molar-refractivity contribution >= 4 is 34.8 Å². The largest absolute Gasteiger partial charge is 0.390 e. The normalized spacial score (nSPS) is 9.18. The van der Waals surface area contributed by atoms with Crippen LogP contribution in [0, 0.1) is 0 Å². The molecule has 0 fully saturated rings. The molecular weight excluding hydrogens is 261 g/mol. The summed E-state index contributed by atoms with van der Waals surface area (Å²) in [5, 5.41) is 0. The Bertz CT molecular complexity index is 278. The lowest BCUT2D eigenvalue weighted by Gasteiger charge is -1.97. The Labute approximate surface area is 76.7 Å². The van der Waals surface area contributed by atoms with Crippen LogP contribution in [0.25, 0.3) is 0 Å². The maximum atomic E-state index is 10.8. The van der Waals surface area contributed by atoms with Crippen LogP contribution < -0.4 is 5.73 Å². The van der Waals surface area contributed by atoms with Gasteiger partial charge in [0.15, 0.2) is 34.5 Å². The van der Waals surface area contributed by atoms with E-state index < -0.39 is 5.97 Å². The maximum Gasteiger partial charge on any atom is 0.370 e. The molecular formula is C5H4IN3O2. The maximum absolute atomic E-state index is 10.8. The van der Waals surface area contributed by atoms with Crippen molar-refractivity contribution in [1.82, 2.24) is 9.97 Å². The Morgan fingerprint density at radius 1 is 1.55 bits per heavy atom. The number of anilines is 1. The molecule has 6 heteroatoms. The topological polar surface area (TPSA) is 78.1 Å². The lowest BCUT2D eigenvalue weighted by Crippen LogP contribution is -2.07. The molecule has 0 aliphatic carbocycles. The van der Waals surface area contributed by atoms with E-state index >= 15 is 0 Å². The quantitative estimate of drug-likeness (QED) is 0.751.